The van der Waals surface area contributed by atoms with Crippen LogP contribution < -0.4 is 15.5 Å². The van der Waals surface area contributed by atoms with Crippen molar-refractivity contribution in [2.75, 3.05) is 28.6 Å². The number of nitrogens with zero attached hydrogens (tertiary/aromatic N) is 3. The fourth-order valence-corrected chi connectivity index (χ4v) is 2.69. The smallest absolute Gasteiger partial charge is 0.324 e. The van der Waals surface area contributed by atoms with Crippen molar-refractivity contribution in [2.45, 2.75) is 19.8 Å². The molecule has 2 N–H and O–H groups in total. The molecule has 25 heavy (non-hydrogen) atoms. The molecule has 0 atom stereocenters. The van der Waals surface area contributed by atoms with Crippen LogP contribution in [0.5, 0.6) is 0 Å². The number of benzene rings is 1. The van der Waals surface area contributed by atoms with Gasteiger partial charge in [0.1, 0.15) is 29.6 Å². The Balaban J connectivity index is 1.64. The summed E-state index contributed by atoms with van der Waals surface area (Å²) in [6, 6.07) is 3.94. The summed E-state index contributed by atoms with van der Waals surface area (Å²) in [5.74, 6) is 0.196. The summed E-state index contributed by atoms with van der Waals surface area (Å²) in [5, 5.41) is 4.86. The Morgan fingerprint density at radius 3 is 2.64 bits per heavy atom. The molecule has 2 aromatic rings. The highest BCUT2D eigenvalue weighted by atomic mass is 19.1. The van der Waals surface area contributed by atoms with Gasteiger partial charge >= 0.3 is 6.03 Å². The topological polar surface area (TPSA) is 70.2 Å². The van der Waals surface area contributed by atoms with E-state index in [1.165, 1.54) is 6.33 Å². The predicted molar refractivity (Wildman–Crippen MR) is 91.6 cm³/mol. The quantitative estimate of drug-likeness (QED) is 0.889. The van der Waals surface area contributed by atoms with Gasteiger partial charge in [-0.15, -0.1) is 0 Å². The number of hydrogen-bond donors (Lipinski definition) is 2. The van der Waals surface area contributed by atoms with E-state index in [1.807, 2.05) is 0 Å². The average Bonchev–Trinajstić information content (AvgIpc) is 2.58. The minimum atomic E-state index is -0.846. The zero-order valence-electron chi connectivity index (χ0n) is 13.8. The second kappa shape index (κ2) is 7.42. The number of amides is 2. The molecule has 1 fully saturated rings. The number of hydrogen-bond acceptors (Lipinski definition) is 4. The Labute approximate surface area is 144 Å². The van der Waals surface area contributed by atoms with E-state index in [9.17, 15) is 13.6 Å². The summed E-state index contributed by atoms with van der Waals surface area (Å²) in [6.07, 6.45) is 3.57. The maximum absolute atomic E-state index is 13.6. The first-order valence-electron chi connectivity index (χ1n) is 8.11. The van der Waals surface area contributed by atoms with Gasteiger partial charge in [0, 0.05) is 25.2 Å². The molecule has 0 spiro atoms. The summed E-state index contributed by atoms with van der Waals surface area (Å²) in [7, 11) is 0. The van der Waals surface area contributed by atoms with E-state index >= 15 is 0 Å². The second-order valence-electron chi connectivity index (χ2n) is 6.13. The van der Waals surface area contributed by atoms with Crippen LogP contribution in [0, 0.1) is 17.6 Å². The molecule has 132 valence electrons. The van der Waals surface area contributed by atoms with Crippen LogP contribution in [0.2, 0.25) is 0 Å². The highest BCUT2D eigenvalue weighted by Crippen LogP contribution is 2.22. The summed E-state index contributed by atoms with van der Waals surface area (Å²) in [4.78, 5) is 22.4. The average molecular weight is 347 g/mol. The van der Waals surface area contributed by atoms with Crippen molar-refractivity contribution in [1.29, 1.82) is 0 Å². The van der Waals surface area contributed by atoms with Crippen molar-refractivity contribution in [2.24, 2.45) is 5.92 Å². The Hall–Kier alpha value is -2.77. The summed E-state index contributed by atoms with van der Waals surface area (Å²) >= 11 is 0. The van der Waals surface area contributed by atoms with Crippen molar-refractivity contribution < 1.29 is 13.6 Å². The minimum absolute atomic E-state index is 0.113. The molecular formula is C17H19F2N5O. The fourth-order valence-electron chi connectivity index (χ4n) is 2.69. The van der Waals surface area contributed by atoms with Crippen LogP contribution in [-0.4, -0.2) is 29.1 Å². The monoisotopic (exact) mass is 347 g/mol. The molecule has 2 amide bonds. The Morgan fingerprint density at radius 1 is 1.16 bits per heavy atom. The summed E-state index contributed by atoms with van der Waals surface area (Å²) in [6.45, 7) is 4.04. The van der Waals surface area contributed by atoms with Crippen molar-refractivity contribution in [1.82, 2.24) is 9.97 Å². The van der Waals surface area contributed by atoms with Gasteiger partial charge in [-0.3, -0.25) is 5.32 Å². The molecule has 1 saturated heterocycles. The van der Waals surface area contributed by atoms with Gasteiger partial charge in [0.2, 0.25) is 0 Å². The van der Waals surface area contributed by atoms with Crippen molar-refractivity contribution in [3.8, 4) is 0 Å². The lowest BCUT2D eigenvalue weighted by Crippen LogP contribution is -2.33. The number of nitrogens with one attached hydrogen (secondary N) is 2. The molecule has 6 nitrogen and oxygen atoms in total. The third-order valence-corrected chi connectivity index (χ3v) is 4.18. The molecule has 1 aromatic carbocycles. The maximum Gasteiger partial charge on any atom is 0.324 e. The summed E-state index contributed by atoms with van der Waals surface area (Å²) in [5.41, 5.74) is -0.113. The highest BCUT2D eigenvalue weighted by Gasteiger charge is 2.17. The first-order valence-corrected chi connectivity index (χ1v) is 8.11. The van der Waals surface area contributed by atoms with Crippen LogP contribution in [0.4, 0.5) is 30.9 Å². The number of carbonyl (C=O) groups excluding carboxylic acids is 1. The molecule has 0 radical (unpaired) electrons. The van der Waals surface area contributed by atoms with Crippen LogP contribution in [0.25, 0.3) is 0 Å². The first kappa shape index (κ1) is 17.1. The fraction of sp³-hybridized carbons (Fsp3) is 0.353. The number of piperidine rings is 1. The van der Waals surface area contributed by atoms with Crippen LogP contribution in [0.1, 0.15) is 19.8 Å². The van der Waals surface area contributed by atoms with Gasteiger partial charge in [-0.05, 0) is 30.9 Å². The molecular weight excluding hydrogens is 328 g/mol. The molecule has 1 aliphatic heterocycles. The Kier molecular flexibility index (Phi) is 5.06. The van der Waals surface area contributed by atoms with Gasteiger partial charge in [0.05, 0.1) is 5.69 Å². The van der Waals surface area contributed by atoms with Gasteiger partial charge < -0.3 is 10.2 Å². The van der Waals surface area contributed by atoms with E-state index in [2.05, 4.69) is 32.4 Å². The van der Waals surface area contributed by atoms with Gasteiger partial charge in [-0.25, -0.2) is 23.5 Å². The Morgan fingerprint density at radius 2 is 1.92 bits per heavy atom. The SMILES string of the molecule is CC1CCN(c2cc(NC(=O)Nc3ccc(F)cc3F)ncn2)CC1. The first-order chi connectivity index (χ1) is 12.0. The van der Waals surface area contributed by atoms with E-state index in [1.54, 1.807) is 6.07 Å². The van der Waals surface area contributed by atoms with Gasteiger partial charge in [0.25, 0.3) is 0 Å². The van der Waals surface area contributed by atoms with Crippen LogP contribution in [0.15, 0.2) is 30.6 Å². The Bertz CT molecular complexity index is 762. The van der Waals surface area contributed by atoms with E-state index < -0.39 is 17.7 Å². The number of halogens is 2. The molecule has 0 aliphatic carbocycles. The highest BCUT2D eigenvalue weighted by molar-refractivity contribution is 5.99. The van der Waals surface area contributed by atoms with E-state index in [0.717, 1.165) is 43.9 Å². The van der Waals surface area contributed by atoms with Crippen LogP contribution in [0.3, 0.4) is 0 Å². The number of aromatic nitrogens is 2. The molecule has 1 aliphatic rings. The van der Waals surface area contributed by atoms with Gasteiger partial charge in [0.15, 0.2) is 0 Å². The van der Waals surface area contributed by atoms with Gasteiger partial charge in [-0.1, -0.05) is 6.92 Å². The standard InChI is InChI=1S/C17H19F2N5O/c1-11-4-6-24(7-5-11)16-9-15(20-10-21-16)23-17(25)22-14-3-2-12(18)8-13(14)19/h2-3,8-11H,4-7H2,1H3,(H2,20,21,22,23,25). The minimum Gasteiger partial charge on any atom is -0.356 e. The molecule has 8 heteroatoms. The van der Waals surface area contributed by atoms with Crippen molar-refractivity contribution in [3.63, 3.8) is 0 Å². The summed E-state index contributed by atoms with van der Waals surface area (Å²) < 4.78 is 26.5. The second-order valence-corrected chi connectivity index (χ2v) is 6.13. The zero-order chi connectivity index (χ0) is 17.8. The lowest BCUT2D eigenvalue weighted by atomic mass is 9.99. The van der Waals surface area contributed by atoms with E-state index in [-0.39, 0.29) is 5.69 Å². The lowest BCUT2D eigenvalue weighted by Gasteiger charge is -2.31. The number of urea groups is 1. The third kappa shape index (κ3) is 4.40. The van der Waals surface area contributed by atoms with Crippen molar-refractivity contribution in [3.05, 3.63) is 42.2 Å². The molecule has 2 heterocycles. The third-order valence-electron chi connectivity index (χ3n) is 4.18. The molecule has 1 aromatic heterocycles. The molecule has 0 bridgehead atoms. The predicted octanol–water partition coefficient (Wildman–Crippen LogP) is 3.64. The normalized spacial score (nSPS) is 15.1. The lowest BCUT2D eigenvalue weighted by molar-refractivity contribution is 0.262. The number of anilines is 3. The molecule has 0 saturated carbocycles. The van der Waals surface area contributed by atoms with E-state index in [4.69, 9.17) is 0 Å². The largest absolute Gasteiger partial charge is 0.356 e. The van der Waals surface area contributed by atoms with Crippen LogP contribution in [-0.2, 0) is 0 Å². The molecule has 0 unspecified atom stereocenters. The van der Waals surface area contributed by atoms with Gasteiger partial charge in [-0.2, -0.15) is 0 Å². The zero-order valence-corrected chi connectivity index (χ0v) is 13.8. The molecule has 3 rings (SSSR count). The number of carbonyl (C=O) groups is 1. The van der Waals surface area contributed by atoms with Crippen molar-refractivity contribution >= 4 is 23.4 Å². The van der Waals surface area contributed by atoms with E-state index in [0.29, 0.717) is 17.8 Å². The van der Waals surface area contributed by atoms with Crippen LogP contribution >= 0.6 is 0 Å². The maximum atomic E-state index is 13.6. The number of rotatable bonds is 3.